The molecule has 166 valence electrons. The first-order valence-corrected chi connectivity index (χ1v) is 11.4. The van der Waals surface area contributed by atoms with E-state index in [-0.39, 0.29) is 16.4 Å². The molecule has 0 amide bonds. The van der Waals surface area contributed by atoms with Gasteiger partial charge in [0.15, 0.2) is 5.84 Å². The van der Waals surface area contributed by atoms with Crippen molar-refractivity contribution in [1.82, 2.24) is 0 Å². The second kappa shape index (κ2) is 9.74. The smallest absolute Gasteiger partial charge is 0.284 e. The Kier molecular flexibility index (Phi) is 7.05. The third-order valence-corrected chi connectivity index (χ3v) is 6.08. The lowest BCUT2D eigenvalue weighted by Crippen LogP contribution is -2.27. The van der Waals surface area contributed by atoms with Gasteiger partial charge in [0.25, 0.3) is 10.0 Å². The minimum atomic E-state index is -4.10. The Balaban J connectivity index is 1.97. The van der Waals surface area contributed by atoms with E-state index in [2.05, 4.69) is 15.6 Å². The summed E-state index contributed by atoms with van der Waals surface area (Å²) in [7, 11) is -4.10. The number of sulfonamides is 1. The maximum absolute atomic E-state index is 13.1. The summed E-state index contributed by atoms with van der Waals surface area (Å²) in [5, 5.41) is 6.36. The van der Waals surface area contributed by atoms with Crippen LogP contribution in [0.3, 0.4) is 0 Å². The van der Waals surface area contributed by atoms with Crippen LogP contribution in [0, 0.1) is 19.7 Å². The second-order valence-electron chi connectivity index (χ2n) is 7.42. The zero-order valence-corrected chi connectivity index (χ0v) is 19.0. The average Bonchev–Trinajstić information content (AvgIpc) is 2.74. The van der Waals surface area contributed by atoms with E-state index in [0.717, 1.165) is 46.6 Å². The van der Waals surface area contributed by atoms with E-state index < -0.39 is 15.8 Å². The van der Waals surface area contributed by atoms with E-state index >= 15 is 0 Å². The van der Waals surface area contributed by atoms with E-state index in [9.17, 15) is 12.8 Å². The molecule has 0 aliphatic carbocycles. The number of nitrogens with zero attached hydrogens (tertiary/aromatic N) is 3. The number of hydrogen-bond donors (Lipinski definition) is 1. The molecule has 0 fully saturated rings. The van der Waals surface area contributed by atoms with Gasteiger partial charge in [-0.25, -0.2) is 4.39 Å². The third kappa shape index (κ3) is 5.79. The summed E-state index contributed by atoms with van der Waals surface area (Å²) in [5.74, 6) is -0.777. The summed E-state index contributed by atoms with van der Waals surface area (Å²) < 4.78 is 41.9. The minimum absolute atomic E-state index is 0.148. The van der Waals surface area contributed by atoms with Crippen LogP contribution in [0.4, 0.5) is 10.1 Å². The van der Waals surface area contributed by atoms with E-state index in [4.69, 9.17) is 5.73 Å². The molecule has 3 rings (SSSR count). The molecule has 32 heavy (non-hydrogen) atoms. The van der Waals surface area contributed by atoms with Gasteiger partial charge >= 0.3 is 0 Å². The van der Waals surface area contributed by atoms with Gasteiger partial charge in [-0.15, -0.1) is 4.40 Å². The van der Waals surface area contributed by atoms with Crippen LogP contribution in [0.15, 0.2) is 87.2 Å². The van der Waals surface area contributed by atoms with Gasteiger partial charge in [0.2, 0.25) is 0 Å². The molecule has 0 aliphatic heterocycles. The van der Waals surface area contributed by atoms with Gasteiger partial charge < -0.3 is 5.73 Å². The molecule has 0 saturated carbocycles. The number of anilines is 1. The maximum atomic E-state index is 13.1. The van der Waals surface area contributed by atoms with Crippen molar-refractivity contribution in [2.24, 2.45) is 15.2 Å². The van der Waals surface area contributed by atoms with Gasteiger partial charge in [0.1, 0.15) is 11.5 Å². The number of halogens is 1. The third-order valence-electron chi connectivity index (χ3n) is 4.78. The van der Waals surface area contributed by atoms with Crippen molar-refractivity contribution >= 4 is 27.3 Å². The van der Waals surface area contributed by atoms with Gasteiger partial charge in [0, 0.05) is 0 Å². The summed E-state index contributed by atoms with van der Waals surface area (Å²) in [4.78, 5) is -0.148. The fourth-order valence-corrected chi connectivity index (χ4v) is 4.09. The highest BCUT2D eigenvalue weighted by Gasteiger charge is 2.16. The van der Waals surface area contributed by atoms with Gasteiger partial charge in [-0.2, -0.15) is 13.5 Å². The summed E-state index contributed by atoms with van der Waals surface area (Å²) in [6, 6.07) is 20.2. The Morgan fingerprint density at radius 3 is 2.28 bits per heavy atom. The van der Waals surface area contributed by atoms with Gasteiger partial charge in [-0.1, -0.05) is 48.0 Å². The standard InChI is InChI=1S/C24H25FN4O2S/c1-17-9-14-23(18(2)15-17)29(16-20-7-5-4-6-8-20)27-19(3)24(26)28-32(30,31)22-12-10-21(25)11-13-22/h4-15H,16H2,1-3H3,(H2,26,28)/b27-19+. The molecule has 6 nitrogen and oxygen atoms in total. The molecule has 0 bridgehead atoms. The predicted octanol–water partition coefficient (Wildman–Crippen LogP) is 4.57. The molecular formula is C24H25FN4O2S. The van der Waals surface area contributed by atoms with Crippen LogP contribution in [0.5, 0.6) is 0 Å². The molecule has 2 N–H and O–H groups in total. The van der Waals surface area contributed by atoms with Crippen LogP contribution >= 0.6 is 0 Å². The lowest BCUT2D eigenvalue weighted by Gasteiger charge is -2.22. The fourth-order valence-electron chi connectivity index (χ4n) is 3.11. The van der Waals surface area contributed by atoms with Crippen LogP contribution in [-0.2, 0) is 16.6 Å². The molecule has 0 unspecified atom stereocenters. The summed E-state index contributed by atoms with van der Waals surface area (Å²) in [5.41, 5.74) is 10.3. The predicted molar refractivity (Wildman–Crippen MR) is 127 cm³/mol. The maximum Gasteiger partial charge on any atom is 0.284 e. The molecular weight excluding hydrogens is 427 g/mol. The number of hydrogen-bond acceptors (Lipinski definition) is 4. The SMILES string of the molecule is CC(=N\N(Cc1ccccc1)c1ccc(C)cc1C)/C(N)=N/S(=O)(=O)c1ccc(F)cc1. The zero-order valence-electron chi connectivity index (χ0n) is 18.2. The van der Waals surface area contributed by atoms with Gasteiger partial charge in [-0.05, 0) is 62.2 Å². The van der Waals surface area contributed by atoms with E-state index in [1.54, 1.807) is 11.9 Å². The molecule has 0 saturated heterocycles. The summed E-state index contributed by atoms with van der Waals surface area (Å²) in [6.07, 6.45) is 0. The number of benzene rings is 3. The highest BCUT2D eigenvalue weighted by molar-refractivity contribution is 7.90. The van der Waals surface area contributed by atoms with Crippen LogP contribution in [-0.4, -0.2) is 20.0 Å². The molecule has 0 radical (unpaired) electrons. The van der Waals surface area contributed by atoms with Crippen LogP contribution in [0.2, 0.25) is 0 Å². The number of hydrazone groups is 1. The molecule has 0 atom stereocenters. The Morgan fingerprint density at radius 1 is 1.00 bits per heavy atom. The molecule has 0 heterocycles. The molecule has 8 heteroatoms. The first kappa shape index (κ1) is 23.1. The molecule has 0 spiro atoms. The summed E-state index contributed by atoms with van der Waals surface area (Å²) in [6.45, 7) is 6.06. The molecule has 3 aromatic carbocycles. The van der Waals surface area contributed by atoms with E-state index in [1.165, 1.54) is 0 Å². The van der Waals surface area contributed by atoms with Crippen molar-refractivity contribution in [3.63, 3.8) is 0 Å². The molecule has 0 aliphatic rings. The normalized spacial score (nSPS) is 12.6. The van der Waals surface area contributed by atoms with Gasteiger partial charge in [-0.3, -0.25) is 5.01 Å². The van der Waals surface area contributed by atoms with Crippen molar-refractivity contribution < 1.29 is 12.8 Å². The van der Waals surface area contributed by atoms with Gasteiger partial charge in [0.05, 0.1) is 17.1 Å². The van der Waals surface area contributed by atoms with Crippen LogP contribution in [0.25, 0.3) is 0 Å². The van der Waals surface area contributed by atoms with Crippen molar-refractivity contribution in [3.05, 3.63) is 95.3 Å². The Bertz CT molecular complexity index is 1250. The monoisotopic (exact) mass is 452 g/mol. The Hall–Kier alpha value is -3.52. The first-order valence-electron chi connectivity index (χ1n) is 9.96. The Labute approximate surface area is 188 Å². The number of nitrogens with two attached hydrogens (primary N) is 1. The van der Waals surface area contributed by atoms with Crippen LogP contribution in [0.1, 0.15) is 23.6 Å². The number of aryl methyl sites for hydroxylation is 2. The fraction of sp³-hybridized carbons (Fsp3) is 0.167. The lowest BCUT2D eigenvalue weighted by atomic mass is 10.1. The summed E-state index contributed by atoms with van der Waals surface area (Å²) >= 11 is 0. The highest BCUT2D eigenvalue weighted by atomic mass is 32.2. The lowest BCUT2D eigenvalue weighted by molar-refractivity contribution is 0.596. The quantitative estimate of drug-likeness (QED) is 0.323. The first-order chi connectivity index (χ1) is 15.2. The second-order valence-corrected chi connectivity index (χ2v) is 9.03. The largest absolute Gasteiger partial charge is 0.381 e. The van der Waals surface area contributed by atoms with Crippen LogP contribution < -0.4 is 10.7 Å². The molecule has 0 aromatic heterocycles. The van der Waals surface area contributed by atoms with Crippen molar-refractivity contribution in [2.75, 3.05) is 5.01 Å². The number of rotatable bonds is 7. The Morgan fingerprint density at radius 2 is 1.66 bits per heavy atom. The van der Waals surface area contributed by atoms with Crippen molar-refractivity contribution in [1.29, 1.82) is 0 Å². The molecule has 3 aromatic rings. The van der Waals surface area contributed by atoms with E-state index in [1.807, 2.05) is 56.3 Å². The topological polar surface area (TPSA) is 88.1 Å². The van der Waals surface area contributed by atoms with E-state index in [0.29, 0.717) is 6.54 Å². The zero-order chi connectivity index (χ0) is 23.3. The minimum Gasteiger partial charge on any atom is -0.381 e. The average molecular weight is 453 g/mol. The van der Waals surface area contributed by atoms with Crippen molar-refractivity contribution in [3.8, 4) is 0 Å². The number of amidine groups is 1. The van der Waals surface area contributed by atoms with Crippen molar-refractivity contribution in [2.45, 2.75) is 32.2 Å². The highest BCUT2D eigenvalue weighted by Crippen LogP contribution is 2.24.